The van der Waals surface area contributed by atoms with E-state index < -0.39 is 0 Å². The van der Waals surface area contributed by atoms with E-state index in [2.05, 4.69) is 38.4 Å². The van der Waals surface area contributed by atoms with Gasteiger partial charge in [0.2, 0.25) is 0 Å². The Hall–Kier alpha value is -0.520. The number of carbonyl (C=O) groups is 1. The van der Waals surface area contributed by atoms with E-state index in [0.717, 1.165) is 22.9 Å². The molecule has 2 unspecified atom stereocenters. The fourth-order valence-corrected chi connectivity index (χ4v) is 3.28. The van der Waals surface area contributed by atoms with Crippen molar-refractivity contribution in [2.24, 2.45) is 0 Å². The Morgan fingerprint density at radius 3 is 2.47 bits per heavy atom. The van der Waals surface area contributed by atoms with Gasteiger partial charge in [-0.3, -0.25) is 9.69 Å². The fraction of sp³-hybridized carbons (Fsp3) is 0.583. The monoisotopic (exact) mass is 270 g/mol. The Bertz CT molecular complexity index is 406. The molecule has 1 aromatic heterocycles. The maximum absolute atomic E-state index is 12.3. The number of likely N-dealkylation sites (N-methyl/N-ethyl adjacent to an activating group) is 1. The lowest BCUT2D eigenvalue weighted by atomic mass is 10.1. The normalized spacial score (nSPS) is 26.2. The Morgan fingerprint density at radius 1 is 1.41 bits per heavy atom. The predicted molar refractivity (Wildman–Crippen MR) is 74.2 cm³/mol. The summed E-state index contributed by atoms with van der Waals surface area (Å²) in [6.45, 7) is 5.93. The van der Waals surface area contributed by atoms with Crippen molar-refractivity contribution in [3.63, 3.8) is 0 Å². The number of amides is 1. The van der Waals surface area contributed by atoms with Gasteiger partial charge < -0.3 is 4.90 Å². The van der Waals surface area contributed by atoms with Crippen LogP contribution in [0.15, 0.2) is 16.3 Å². The van der Waals surface area contributed by atoms with Gasteiger partial charge in [-0.1, -0.05) is 0 Å². The van der Waals surface area contributed by atoms with Crippen molar-refractivity contribution in [1.29, 1.82) is 0 Å². The maximum Gasteiger partial charge on any atom is 0.264 e. The second-order valence-corrected chi connectivity index (χ2v) is 6.17. The molecular formula is C12H18N2OS2. The largest absolute Gasteiger partial charge is 0.335 e. The third kappa shape index (κ3) is 2.67. The standard InChI is InChI=1S/C12H18N2OS2/c1-8-5-14(6-9(2)13(8)3)12(15)11-4-10(16)7-17-11/h4,7-9,16H,5-6H2,1-3H3. The van der Waals surface area contributed by atoms with E-state index in [0.29, 0.717) is 12.1 Å². The van der Waals surface area contributed by atoms with Gasteiger partial charge in [-0.25, -0.2) is 0 Å². The summed E-state index contributed by atoms with van der Waals surface area (Å²) in [7, 11) is 2.12. The quantitative estimate of drug-likeness (QED) is 0.791. The van der Waals surface area contributed by atoms with Crippen molar-refractivity contribution >= 4 is 29.9 Å². The molecule has 1 amide bonds. The van der Waals surface area contributed by atoms with E-state index in [1.165, 1.54) is 11.3 Å². The Kier molecular flexibility index (Phi) is 3.80. The van der Waals surface area contributed by atoms with Crippen LogP contribution in [0.5, 0.6) is 0 Å². The van der Waals surface area contributed by atoms with Gasteiger partial charge in [0.15, 0.2) is 0 Å². The van der Waals surface area contributed by atoms with Gasteiger partial charge in [-0.15, -0.1) is 24.0 Å². The summed E-state index contributed by atoms with van der Waals surface area (Å²) in [6.07, 6.45) is 0. The lowest BCUT2D eigenvalue weighted by Crippen LogP contribution is -2.56. The number of thiol groups is 1. The van der Waals surface area contributed by atoms with Crippen molar-refractivity contribution in [1.82, 2.24) is 9.80 Å². The minimum atomic E-state index is 0.141. The fourth-order valence-electron chi connectivity index (χ4n) is 2.16. The SMILES string of the molecule is CC1CN(C(=O)c2cc(S)cs2)CC(C)N1C. The summed E-state index contributed by atoms with van der Waals surface area (Å²) >= 11 is 5.72. The summed E-state index contributed by atoms with van der Waals surface area (Å²) < 4.78 is 0. The van der Waals surface area contributed by atoms with Crippen molar-refractivity contribution in [3.05, 3.63) is 16.3 Å². The van der Waals surface area contributed by atoms with Crippen molar-refractivity contribution in [2.45, 2.75) is 30.8 Å². The van der Waals surface area contributed by atoms with E-state index in [4.69, 9.17) is 0 Å². The highest BCUT2D eigenvalue weighted by molar-refractivity contribution is 7.80. The molecule has 0 spiro atoms. The van der Waals surface area contributed by atoms with Gasteiger partial charge in [-0.05, 0) is 27.0 Å². The average molecular weight is 270 g/mol. The van der Waals surface area contributed by atoms with Crippen LogP contribution in [0.1, 0.15) is 23.5 Å². The van der Waals surface area contributed by atoms with Gasteiger partial charge >= 0.3 is 0 Å². The molecule has 0 radical (unpaired) electrons. The first-order chi connectivity index (χ1) is 7.99. The highest BCUT2D eigenvalue weighted by Gasteiger charge is 2.30. The van der Waals surface area contributed by atoms with E-state index in [9.17, 15) is 4.79 Å². The number of hydrogen-bond donors (Lipinski definition) is 1. The van der Waals surface area contributed by atoms with E-state index >= 15 is 0 Å². The van der Waals surface area contributed by atoms with Crippen LogP contribution in [0.25, 0.3) is 0 Å². The number of hydrogen-bond acceptors (Lipinski definition) is 4. The maximum atomic E-state index is 12.3. The van der Waals surface area contributed by atoms with Crippen LogP contribution < -0.4 is 0 Å². The van der Waals surface area contributed by atoms with Crippen LogP contribution in [0.2, 0.25) is 0 Å². The Morgan fingerprint density at radius 2 is 2.00 bits per heavy atom. The summed E-state index contributed by atoms with van der Waals surface area (Å²) in [5.41, 5.74) is 0. The van der Waals surface area contributed by atoms with Crippen LogP contribution in [0.3, 0.4) is 0 Å². The Labute approximate surface area is 112 Å². The molecule has 1 saturated heterocycles. The van der Waals surface area contributed by atoms with Gasteiger partial charge in [0.25, 0.3) is 5.91 Å². The molecule has 2 rings (SSSR count). The molecule has 94 valence electrons. The first kappa shape index (κ1) is 12.9. The van der Waals surface area contributed by atoms with Crippen LogP contribution in [0.4, 0.5) is 0 Å². The molecule has 0 aliphatic carbocycles. The molecule has 1 aliphatic heterocycles. The number of rotatable bonds is 1. The van der Waals surface area contributed by atoms with Crippen LogP contribution in [0, 0.1) is 0 Å². The third-order valence-electron chi connectivity index (χ3n) is 3.44. The molecule has 0 N–H and O–H groups in total. The lowest BCUT2D eigenvalue weighted by molar-refractivity contribution is 0.0418. The number of nitrogens with zero attached hydrogens (tertiary/aromatic N) is 2. The van der Waals surface area contributed by atoms with Gasteiger partial charge in [0.1, 0.15) is 0 Å². The van der Waals surface area contributed by atoms with Crippen LogP contribution in [-0.2, 0) is 0 Å². The predicted octanol–water partition coefficient (Wildman–Crippen LogP) is 2.20. The molecule has 2 atom stereocenters. The van der Waals surface area contributed by atoms with Gasteiger partial charge in [0, 0.05) is 35.4 Å². The molecule has 17 heavy (non-hydrogen) atoms. The molecule has 3 nitrogen and oxygen atoms in total. The second kappa shape index (κ2) is 5.00. The third-order valence-corrected chi connectivity index (χ3v) is 4.79. The summed E-state index contributed by atoms with van der Waals surface area (Å²) in [5.74, 6) is 0.141. The first-order valence-corrected chi connectivity index (χ1v) is 7.10. The molecule has 2 heterocycles. The molecule has 1 aliphatic rings. The highest BCUT2D eigenvalue weighted by atomic mass is 32.1. The van der Waals surface area contributed by atoms with Gasteiger partial charge in [0.05, 0.1) is 4.88 Å². The van der Waals surface area contributed by atoms with Crippen molar-refractivity contribution in [2.75, 3.05) is 20.1 Å². The molecule has 5 heteroatoms. The van der Waals surface area contributed by atoms with Crippen molar-refractivity contribution < 1.29 is 4.79 Å². The zero-order valence-corrected chi connectivity index (χ0v) is 12.1. The summed E-state index contributed by atoms with van der Waals surface area (Å²) in [6, 6.07) is 2.68. The number of piperazine rings is 1. The lowest BCUT2D eigenvalue weighted by Gasteiger charge is -2.42. The zero-order chi connectivity index (χ0) is 12.6. The second-order valence-electron chi connectivity index (χ2n) is 4.74. The molecule has 1 fully saturated rings. The molecule has 0 saturated carbocycles. The minimum absolute atomic E-state index is 0.141. The van der Waals surface area contributed by atoms with Gasteiger partial charge in [-0.2, -0.15) is 0 Å². The number of carbonyl (C=O) groups excluding carboxylic acids is 1. The molecule has 0 aromatic carbocycles. The molecular weight excluding hydrogens is 252 g/mol. The van der Waals surface area contributed by atoms with E-state index in [-0.39, 0.29) is 5.91 Å². The zero-order valence-electron chi connectivity index (χ0n) is 10.4. The number of thiophene rings is 1. The highest BCUT2D eigenvalue weighted by Crippen LogP contribution is 2.22. The topological polar surface area (TPSA) is 23.6 Å². The van der Waals surface area contributed by atoms with Crippen LogP contribution >= 0.6 is 24.0 Å². The summed E-state index contributed by atoms with van der Waals surface area (Å²) in [5, 5.41) is 1.90. The van der Waals surface area contributed by atoms with E-state index in [1.54, 1.807) is 0 Å². The van der Waals surface area contributed by atoms with Crippen LogP contribution in [-0.4, -0.2) is 47.9 Å². The van der Waals surface area contributed by atoms with E-state index in [1.807, 2.05) is 16.3 Å². The first-order valence-electron chi connectivity index (χ1n) is 5.77. The van der Waals surface area contributed by atoms with Crippen molar-refractivity contribution in [3.8, 4) is 0 Å². The smallest absolute Gasteiger partial charge is 0.264 e. The molecule has 1 aromatic rings. The Balaban J connectivity index is 2.11. The summed E-state index contributed by atoms with van der Waals surface area (Å²) in [4.78, 5) is 18.2. The minimum Gasteiger partial charge on any atom is -0.335 e. The molecule has 0 bridgehead atoms. The average Bonchev–Trinajstić information content (AvgIpc) is 2.71.